The highest BCUT2D eigenvalue weighted by Gasteiger charge is 2.20. The Morgan fingerprint density at radius 2 is 1.94 bits per heavy atom. The number of rotatable bonds is 7. The molecule has 8 nitrogen and oxygen atoms in total. The lowest BCUT2D eigenvalue weighted by atomic mass is 10.1. The number of carbonyl (C=O) groups excluding carboxylic acids is 1. The molecule has 158 valence electrons. The van der Waals surface area contributed by atoms with Crippen molar-refractivity contribution in [2.75, 3.05) is 13.1 Å². The van der Waals surface area contributed by atoms with Crippen LogP contribution in [0.4, 0.5) is 4.39 Å². The van der Waals surface area contributed by atoms with E-state index in [1.165, 1.54) is 10.9 Å². The molecule has 0 saturated carbocycles. The normalized spacial score (nSPS) is 10.9. The van der Waals surface area contributed by atoms with Crippen LogP contribution < -0.4 is 0 Å². The first kappa shape index (κ1) is 20.4. The summed E-state index contributed by atoms with van der Waals surface area (Å²) >= 11 is 0. The van der Waals surface area contributed by atoms with Gasteiger partial charge in [-0.25, -0.2) is 4.39 Å². The maximum atomic E-state index is 13.3. The van der Waals surface area contributed by atoms with Crippen LogP contribution in [0.1, 0.15) is 28.6 Å². The van der Waals surface area contributed by atoms with Gasteiger partial charge in [0.2, 0.25) is 0 Å². The van der Waals surface area contributed by atoms with Crippen molar-refractivity contribution in [3.8, 4) is 17.1 Å². The lowest BCUT2D eigenvalue weighted by Crippen LogP contribution is -2.33. The average Bonchev–Trinajstić information content (AvgIpc) is 3.47. The number of aryl methyl sites for hydroxylation is 1. The summed E-state index contributed by atoms with van der Waals surface area (Å²) in [5.74, 6) is 0.0921. The van der Waals surface area contributed by atoms with E-state index >= 15 is 0 Å². The van der Waals surface area contributed by atoms with E-state index in [2.05, 4.69) is 20.3 Å². The van der Waals surface area contributed by atoms with E-state index < -0.39 is 5.82 Å². The Kier molecular flexibility index (Phi) is 5.83. The minimum Gasteiger partial charge on any atom is -0.361 e. The summed E-state index contributed by atoms with van der Waals surface area (Å²) in [7, 11) is 0. The Balaban J connectivity index is 1.50. The number of pyridine rings is 1. The summed E-state index contributed by atoms with van der Waals surface area (Å²) in [5, 5.41) is 12.3. The van der Waals surface area contributed by atoms with Gasteiger partial charge in [-0.2, -0.15) is 15.0 Å². The van der Waals surface area contributed by atoms with E-state index in [0.29, 0.717) is 47.9 Å². The maximum absolute atomic E-state index is 13.3. The van der Waals surface area contributed by atoms with Gasteiger partial charge in [0.05, 0.1) is 35.5 Å². The molecule has 0 radical (unpaired) electrons. The van der Waals surface area contributed by atoms with Gasteiger partial charge in [-0.1, -0.05) is 16.8 Å². The van der Waals surface area contributed by atoms with Crippen molar-refractivity contribution >= 4 is 5.91 Å². The molecule has 0 fully saturated rings. The monoisotopic (exact) mass is 420 g/mol. The first-order chi connectivity index (χ1) is 15.0. The standard InChI is InChI=1S/C22H21FN6O2/c1-3-28(11-8-17-13-20(27-31-17)19-6-5-16(23)14-24-19)22(30)18-12-15(2)4-7-21(18)29-25-9-10-26-29/h4-7,9-10,12-14H,3,8,11H2,1-2H3. The van der Waals surface area contributed by atoms with Crippen LogP contribution >= 0.6 is 0 Å². The molecule has 4 aromatic rings. The predicted molar refractivity (Wildman–Crippen MR) is 111 cm³/mol. The molecule has 0 N–H and O–H groups in total. The summed E-state index contributed by atoms with van der Waals surface area (Å²) < 4.78 is 18.4. The van der Waals surface area contributed by atoms with Gasteiger partial charge in [0, 0.05) is 25.6 Å². The fourth-order valence-corrected chi connectivity index (χ4v) is 3.23. The topological polar surface area (TPSA) is 89.9 Å². The van der Waals surface area contributed by atoms with Gasteiger partial charge in [0.15, 0.2) is 0 Å². The van der Waals surface area contributed by atoms with Crippen LogP contribution in [0, 0.1) is 12.7 Å². The molecule has 31 heavy (non-hydrogen) atoms. The van der Waals surface area contributed by atoms with Crippen LogP contribution in [0.2, 0.25) is 0 Å². The summed E-state index contributed by atoms with van der Waals surface area (Å²) in [5.41, 5.74) is 3.18. The molecule has 1 aromatic carbocycles. The third-order valence-electron chi connectivity index (χ3n) is 4.86. The van der Waals surface area contributed by atoms with E-state index in [-0.39, 0.29) is 5.91 Å². The molecular weight excluding hydrogens is 399 g/mol. The molecule has 0 atom stereocenters. The molecule has 0 unspecified atom stereocenters. The van der Waals surface area contributed by atoms with Crippen LogP contribution in [0.25, 0.3) is 17.1 Å². The Bertz CT molecular complexity index is 1170. The molecule has 0 spiro atoms. The first-order valence-electron chi connectivity index (χ1n) is 9.89. The highest BCUT2D eigenvalue weighted by molar-refractivity contribution is 5.98. The predicted octanol–water partition coefficient (Wildman–Crippen LogP) is 3.47. The van der Waals surface area contributed by atoms with E-state index in [9.17, 15) is 9.18 Å². The summed E-state index contributed by atoms with van der Waals surface area (Å²) in [4.78, 5) is 20.5. The van der Waals surface area contributed by atoms with E-state index in [1.54, 1.807) is 29.4 Å². The van der Waals surface area contributed by atoms with Gasteiger partial charge in [0.1, 0.15) is 17.3 Å². The largest absolute Gasteiger partial charge is 0.361 e. The molecule has 0 aliphatic heterocycles. The van der Waals surface area contributed by atoms with Gasteiger partial charge in [0.25, 0.3) is 5.91 Å². The van der Waals surface area contributed by atoms with E-state index in [1.807, 2.05) is 32.0 Å². The molecule has 0 bridgehead atoms. The molecule has 0 aliphatic carbocycles. The SMILES string of the molecule is CCN(CCc1cc(-c2ccc(F)cn2)no1)C(=O)c1cc(C)ccc1-n1nccn1. The van der Waals surface area contributed by atoms with Crippen molar-refractivity contribution in [3.63, 3.8) is 0 Å². The van der Waals surface area contributed by atoms with Crippen molar-refractivity contribution in [2.45, 2.75) is 20.3 Å². The second-order valence-corrected chi connectivity index (χ2v) is 7.01. The average molecular weight is 420 g/mol. The number of aromatic nitrogens is 5. The zero-order valence-electron chi connectivity index (χ0n) is 17.2. The number of carbonyl (C=O) groups is 1. The lowest BCUT2D eigenvalue weighted by Gasteiger charge is -2.22. The third kappa shape index (κ3) is 4.50. The fourth-order valence-electron chi connectivity index (χ4n) is 3.23. The Hall–Kier alpha value is -3.88. The lowest BCUT2D eigenvalue weighted by molar-refractivity contribution is 0.0763. The second kappa shape index (κ2) is 8.86. The number of nitrogens with zero attached hydrogens (tertiary/aromatic N) is 6. The third-order valence-corrected chi connectivity index (χ3v) is 4.86. The smallest absolute Gasteiger partial charge is 0.256 e. The number of hydrogen-bond acceptors (Lipinski definition) is 6. The van der Waals surface area contributed by atoms with Crippen molar-refractivity contribution < 1.29 is 13.7 Å². The molecule has 9 heteroatoms. The Labute approximate surface area is 178 Å². The number of amides is 1. The van der Waals surface area contributed by atoms with Crippen LogP contribution in [-0.2, 0) is 6.42 Å². The Morgan fingerprint density at radius 1 is 1.13 bits per heavy atom. The van der Waals surface area contributed by atoms with Crippen molar-refractivity contribution in [1.29, 1.82) is 0 Å². The second-order valence-electron chi connectivity index (χ2n) is 7.01. The zero-order chi connectivity index (χ0) is 21.8. The van der Waals surface area contributed by atoms with Gasteiger partial charge >= 0.3 is 0 Å². The zero-order valence-corrected chi connectivity index (χ0v) is 17.2. The first-order valence-corrected chi connectivity index (χ1v) is 9.89. The van der Waals surface area contributed by atoms with Crippen LogP contribution in [0.3, 0.4) is 0 Å². The molecule has 0 aliphatic rings. The molecule has 0 saturated heterocycles. The van der Waals surface area contributed by atoms with Gasteiger partial charge < -0.3 is 9.42 Å². The van der Waals surface area contributed by atoms with Crippen molar-refractivity contribution in [3.05, 3.63) is 77.7 Å². The van der Waals surface area contributed by atoms with E-state index in [0.717, 1.165) is 11.8 Å². The number of halogens is 1. The van der Waals surface area contributed by atoms with Crippen LogP contribution in [0.5, 0.6) is 0 Å². The van der Waals surface area contributed by atoms with Crippen molar-refractivity contribution in [2.24, 2.45) is 0 Å². The van der Waals surface area contributed by atoms with Gasteiger partial charge in [-0.15, -0.1) is 0 Å². The Morgan fingerprint density at radius 3 is 2.65 bits per heavy atom. The molecule has 1 amide bonds. The highest BCUT2D eigenvalue weighted by atomic mass is 19.1. The summed E-state index contributed by atoms with van der Waals surface area (Å²) in [6.45, 7) is 4.83. The molecular formula is C22H21FN6O2. The van der Waals surface area contributed by atoms with Gasteiger partial charge in [-0.05, 0) is 38.1 Å². The maximum Gasteiger partial charge on any atom is 0.256 e. The minimum absolute atomic E-state index is 0.113. The number of likely N-dealkylation sites (N-methyl/N-ethyl adjacent to an activating group) is 1. The van der Waals surface area contributed by atoms with Crippen LogP contribution in [0.15, 0.2) is 59.5 Å². The van der Waals surface area contributed by atoms with E-state index in [4.69, 9.17) is 4.52 Å². The highest BCUT2D eigenvalue weighted by Crippen LogP contribution is 2.20. The molecule has 3 aromatic heterocycles. The van der Waals surface area contributed by atoms with Gasteiger partial charge in [-0.3, -0.25) is 9.78 Å². The summed E-state index contributed by atoms with van der Waals surface area (Å²) in [6, 6.07) is 10.2. The summed E-state index contributed by atoms with van der Waals surface area (Å²) in [6.07, 6.45) is 4.76. The minimum atomic E-state index is -0.412. The number of hydrogen-bond donors (Lipinski definition) is 0. The molecule has 3 heterocycles. The fraction of sp³-hybridized carbons (Fsp3) is 0.227. The number of benzene rings is 1. The molecule has 4 rings (SSSR count). The quantitative estimate of drug-likeness (QED) is 0.455. The van der Waals surface area contributed by atoms with Crippen molar-refractivity contribution in [1.82, 2.24) is 30.0 Å². The van der Waals surface area contributed by atoms with Crippen LogP contribution in [-0.4, -0.2) is 49.0 Å².